The van der Waals surface area contributed by atoms with Crippen molar-refractivity contribution in [3.8, 4) is 0 Å². The minimum absolute atomic E-state index is 0.194. The van der Waals surface area contributed by atoms with Crippen LogP contribution < -0.4 is 10.2 Å². The van der Waals surface area contributed by atoms with Crippen molar-refractivity contribution in [1.82, 2.24) is 15.1 Å². The van der Waals surface area contributed by atoms with Crippen LogP contribution in [-0.4, -0.2) is 40.4 Å². The van der Waals surface area contributed by atoms with E-state index < -0.39 is 0 Å². The highest BCUT2D eigenvalue weighted by atomic mass is 16.6. The maximum absolute atomic E-state index is 11.6. The Hall–Kier alpha value is -1.63. The number of nitrogens with one attached hydrogen (secondary N) is 1. The quantitative estimate of drug-likeness (QED) is 0.614. The highest BCUT2D eigenvalue weighted by Gasteiger charge is 2.33. The topological polar surface area (TPSA) is 76.2 Å². The molecular formula is C14H25N5O2. The van der Waals surface area contributed by atoms with E-state index in [-0.39, 0.29) is 10.6 Å². The van der Waals surface area contributed by atoms with Crippen LogP contribution in [0.2, 0.25) is 0 Å². The van der Waals surface area contributed by atoms with E-state index in [1.807, 2.05) is 14.0 Å². The summed E-state index contributed by atoms with van der Waals surface area (Å²) in [5.41, 5.74) is 0.798. The van der Waals surface area contributed by atoms with Gasteiger partial charge in [0.1, 0.15) is 5.69 Å². The van der Waals surface area contributed by atoms with Gasteiger partial charge in [-0.05, 0) is 25.8 Å². The molecule has 0 spiro atoms. The minimum Gasteiger partial charge on any atom is -0.347 e. The SMILES string of the molecule is CCCc1nn(C)c(N(CCC)C2CCNC2)c1[N+](=O)[O-]. The number of nitrogens with zero attached hydrogens (tertiary/aromatic N) is 4. The van der Waals surface area contributed by atoms with E-state index in [4.69, 9.17) is 0 Å². The fraction of sp³-hybridized carbons (Fsp3) is 0.786. The number of aromatic nitrogens is 2. The monoisotopic (exact) mass is 295 g/mol. The lowest BCUT2D eigenvalue weighted by atomic mass is 10.1. The Morgan fingerprint density at radius 1 is 1.48 bits per heavy atom. The Labute approximate surface area is 125 Å². The number of hydrogen-bond acceptors (Lipinski definition) is 5. The first-order valence-corrected chi connectivity index (χ1v) is 7.77. The third-order valence-electron chi connectivity index (χ3n) is 3.94. The molecule has 1 fully saturated rings. The van der Waals surface area contributed by atoms with E-state index in [1.165, 1.54) is 0 Å². The van der Waals surface area contributed by atoms with Crippen molar-refractivity contribution in [1.29, 1.82) is 0 Å². The molecule has 1 aromatic rings. The molecule has 1 aromatic heterocycles. The fourth-order valence-electron chi connectivity index (χ4n) is 3.08. The van der Waals surface area contributed by atoms with Crippen LogP contribution in [0.3, 0.4) is 0 Å². The third-order valence-corrected chi connectivity index (χ3v) is 3.94. The number of hydrogen-bond donors (Lipinski definition) is 1. The maximum Gasteiger partial charge on any atom is 0.334 e. The molecular weight excluding hydrogens is 270 g/mol. The molecule has 0 saturated carbocycles. The van der Waals surface area contributed by atoms with E-state index in [0.29, 0.717) is 24.0 Å². The molecule has 0 aliphatic carbocycles. The molecule has 0 amide bonds. The first-order valence-electron chi connectivity index (χ1n) is 7.77. The van der Waals surface area contributed by atoms with E-state index in [1.54, 1.807) is 4.68 Å². The average molecular weight is 295 g/mol. The number of nitro groups is 1. The molecule has 1 aliphatic heterocycles. The highest BCUT2D eigenvalue weighted by Crippen LogP contribution is 2.34. The lowest BCUT2D eigenvalue weighted by Crippen LogP contribution is -2.39. The summed E-state index contributed by atoms with van der Waals surface area (Å²) in [6.07, 6.45) is 3.48. The zero-order chi connectivity index (χ0) is 15.4. The van der Waals surface area contributed by atoms with Crippen LogP contribution in [0.4, 0.5) is 11.5 Å². The van der Waals surface area contributed by atoms with E-state index in [0.717, 1.165) is 38.9 Å². The second-order valence-corrected chi connectivity index (χ2v) is 5.59. The summed E-state index contributed by atoms with van der Waals surface area (Å²) >= 11 is 0. The second-order valence-electron chi connectivity index (χ2n) is 5.59. The fourth-order valence-corrected chi connectivity index (χ4v) is 3.08. The van der Waals surface area contributed by atoms with Gasteiger partial charge in [-0.1, -0.05) is 20.3 Å². The van der Waals surface area contributed by atoms with Gasteiger partial charge >= 0.3 is 5.69 Å². The Morgan fingerprint density at radius 3 is 2.76 bits per heavy atom. The zero-order valence-corrected chi connectivity index (χ0v) is 13.1. The van der Waals surface area contributed by atoms with Crippen LogP contribution >= 0.6 is 0 Å². The van der Waals surface area contributed by atoms with Crippen molar-refractivity contribution in [2.75, 3.05) is 24.5 Å². The van der Waals surface area contributed by atoms with Gasteiger partial charge in [0.25, 0.3) is 0 Å². The molecule has 0 bridgehead atoms. The maximum atomic E-state index is 11.6. The standard InChI is InChI=1S/C14H25N5O2/c1-4-6-12-13(19(20)21)14(17(3)16-12)18(9-5-2)11-7-8-15-10-11/h11,15H,4-10H2,1-3H3. The minimum atomic E-state index is -0.266. The van der Waals surface area contributed by atoms with Crippen molar-refractivity contribution < 1.29 is 4.92 Å². The summed E-state index contributed by atoms with van der Waals surface area (Å²) in [5.74, 6) is 0.666. The molecule has 1 saturated heterocycles. The molecule has 21 heavy (non-hydrogen) atoms. The summed E-state index contributed by atoms with van der Waals surface area (Å²) in [7, 11) is 1.81. The highest BCUT2D eigenvalue weighted by molar-refractivity contribution is 5.62. The summed E-state index contributed by atoms with van der Waals surface area (Å²) in [6, 6.07) is 0.313. The van der Waals surface area contributed by atoms with Crippen molar-refractivity contribution in [3.63, 3.8) is 0 Å². The molecule has 1 unspecified atom stereocenters. The molecule has 2 heterocycles. The number of aryl methyl sites for hydroxylation is 2. The van der Waals surface area contributed by atoms with Crippen molar-refractivity contribution >= 4 is 11.5 Å². The molecule has 1 N–H and O–H groups in total. The smallest absolute Gasteiger partial charge is 0.334 e. The number of rotatable bonds is 7. The zero-order valence-electron chi connectivity index (χ0n) is 13.1. The summed E-state index contributed by atoms with van der Waals surface area (Å²) in [4.78, 5) is 13.5. The van der Waals surface area contributed by atoms with Gasteiger partial charge in [0.2, 0.25) is 5.82 Å². The van der Waals surface area contributed by atoms with Crippen molar-refractivity contribution in [2.24, 2.45) is 7.05 Å². The van der Waals surface area contributed by atoms with Crippen LogP contribution in [0.5, 0.6) is 0 Å². The van der Waals surface area contributed by atoms with Crippen LogP contribution in [0.15, 0.2) is 0 Å². The van der Waals surface area contributed by atoms with Gasteiger partial charge in [0.15, 0.2) is 0 Å². The molecule has 2 rings (SSSR count). The average Bonchev–Trinajstić information content (AvgIpc) is 3.04. The molecule has 7 nitrogen and oxygen atoms in total. The van der Waals surface area contributed by atoms with Crippen LogP contribution in [0, 0.1) is 10.1 Å². The number of anilines is 1. The van der Waals surface area contributed by atoms with Crippen molar-refractivity contribution in [2.45, 2.75) is 45.6 Å². The van der Waals surface area contributed by atoms with Gasteiger partial charge in [0, 0.05) is 26.2 Å². The van der Waals surface area contributed by atoms with E-state index in [2.05, 4.69) is 22.2 Å². The van der Waals surface area contributed by atoms with Gasteiger partial charge in [-0.25, -0.2) is 4.68 Å². The summed E-state index contributed by atoms with van der Waals surface area (Å²) < 4.78 is 1.69. The lowest BCUT2D eigenvalue weighted by molar-refractivity contribution is -0.384. The first kappa shape index (κ1) is 15.8. The van der Waals surface area contributed by atoms with Gasteiger partial charge in [-0.3, -0.25) is 10.1 Å². The molecule has 0 aromatic carbocycles. The van der Waals surface area contributed by atoms with Crippen LogP contribution in [0.25, 0.3) is 0 Å². The Balaban J connectivity index is 2.44. The predicted octanol–water partition coefficient (Wildman–Crippen LogP) is 1.86. The predicted molar refractivity (Wildman–Crippen MR) is 82.8 cm³/mol. The molecule has 7 heteroatoms. The van der Waals surface area contributed by atoms with E-state index >= 15 is 0 Å². The van der Waals surface area contributed by atoms with Gasteiger partial charge in [-0.15, -0.1) is 0 Å². The normalized spacial score (nSPS) is 18.1. The Bertz CT molecular complexity index is 494. The van der Waals surface area contributed by atoms with Crippen LogP contribution in [0.1, 0.15) is 38.8 Å². The molecule has 118 valence electrons. The molecule has 0 radical (unpaired) electrons. The summed E-state index contributed by atoms with van der Waals surface area (Å²) in [6.45, 7) is 6.79. The third kappa shape index (κ3) is 3.18. The largest absolute Gasteiger partial charge is 0.347 e. The van der Waals surface area contributed by atoms with Crippen molar-refractivity contribution in [3.05, 3.63) is 15.8 Å². The Morgan fingerprint density at radius 2 is 2.24 bits per heavy atom. The second kappa shape index (κ2) is 6.89. The molecule has 1 atom stereocenters. The Kier molecular flexibility index (Phi) is 5.17. The van der Waals surface area contributed by atoms with Gasteiger partial charge in [-0.2, -0.15) is 5.10 Å². The lowest BCUT2D eigenvalue weighted by Gasteiger charge is -2.29. The van der Waals surface area contributed by atoms with Crippen LogP contribution in [-0.2, 0) is 13.5 Å². The van der Waals surface area contributed by atoms with Gasteiger partial charge < -0.3 is 10.2 Å². The summed E-state index contributed by atoms with van der Waals surface area (Å²) in [5, 5.41) is 19.3. The van der Waals surface area contributed by atoms with Gasteiger partial charge in [0.05, 0.1) is 4.92 Å². The van der Waals surface area contributed by atoms with E-state index in [9.17, 15) is 10.1 Å². The molecule has 1 aliphatic rings. The first-order chi connectivity index (χ1) is 10.1.